The van der Waals surface area contributed by atoms with Gasteiger partial charge >= 0.3 is 5.69 Å². The molecule has 2 rings (SSSR count). The zero-order valence-corrected chi connectivity index (χ0v) is 9.54. The highest BCUT2D eigenvalue weighted by atomic mass is 19.1. The van der Waals surface area contributed by atoms with Gasteiger partial charge in [0, 0.05) is 11.8 Å². The van der Waals surface area contributed by atoms with E-state index in [1.165, 1.54) is 6.92 Å². The van der Waals surface area contributed by atoms with Crippen molar-refractivity contribution in [2.45, 2.75) is 31.5 Å². The molecule has 0 aromatic carbocycles. The van der Waals surface area contributed by atoms with E-state index in [1.807, 2.05) is 4.98 Å². The van der Waals surface area contributed by atoms with Crippen molar-refractivity contribution in [3.05, 3.63) is 32.6 Å². The molecule has 2 heterocycles. The molecular weight excluding hydrogens is 247 g/mol. The van der Waals surface area contributed by atoms with Crippen LogP contribution in [0.25, 0.3) is 0 Å². The van der Waals surface area contributed by atoms with Gasteiger partial charge in [-0.25, -0.2) is 9.18 Å². The summed E-state index contributed by atoms with van der Waals surface area (Å²) in [4.78, 5) is 24.7. The average molecular weight is 260 g/mol. The van der Waals surface area contributed by atoms with Gasteiger partial charge in [-0.15, -0.1) is 0 Å². The van der Waals surface area contributed by atoms with Crippen molar-refractivity contribution >= 4 is 0 Å². The summed E-state index contributed by atoms with van der Waals surface area (Å²) < 4.78 is 19.7. The molecule has 3 N–H and O–H groups in total. The van der Waals surface area contributed by atoms with Crippen molar-refractivity contribution in [2.75, 3.05) is 6.61 Å². The van der Waals surface area contributed by atoms with Crippen LogP contribution in [0, 0.1) is 6.92 Å². The van der Waals surface area contributed by atoms with Gasteiger partial charge in [-0.05, 0) is 6.92 Å². The van der Waals surface area contributed by atoms with Gasteiger partial charge in [0.1, 0.15) is 12.2 Å². The fraction of sp³-hybridized carbons (Fsp3) is 0.600. The lowest BCUT2D eigenvalue weighted by Gasteiger charge is -2.15. The third kappa shape index (κ3) is 1.98. The van der Waals surface area contributed by atoms with E-state index in [0.717, 1.165) is 10.8 Å². The van der Waals surface area contributed by atoms with Crippen LogP contribution < -0.4 is 11.2 Å². The first-order valence-electron chi connectivity index (χ1n) is 5.36. The van der Waals surface area contributed by atoms with Crippen LogP contribution >= 0.6 is 0 Å². The SMILES string of the molecule is Cc1cn(C2OC(CO)[C@@H](O)C2F)c(=O)[nH]c1=O. The molecule has 1 aliphatic rings. The van der Waals surface area contributed by atoms with Crippen LogP contribution in [0.1, 0.15) is 11.8 Å². The highest BCUT2D eigenvalue weighted by Crippen LogP contribution is 2.30. The Morgan fingerprint density at radius 3 is 2.78 bits per heavy atom. The number of halogens is 1. The normalized spacial score (nSPS) is 31.8. The van der Waals surface area contributed by atoms with Gasteiger partial charge in [-0.3, -0.25) is 14.3 Å². The second kappa shape index (κ2) is 4.63. The monoisotopic (exact) mass is 260 g/mol. The molecule has 0 saturated carbocycles. The van der Waals surface area contributed by atoms with E-state index < -0.39 is 42.5 Å². The Balaban J connectivity index is 2.42. The number of ether oxygens (including phenoxy) is 1. The summed E-state index contributed by atoms with van der Waals surface area (Å²) >= 11 is 0. The van der Waals surface area contributed by atoms with Crippen LogP contribution in [0.4, 0.5) is 4.39 Å². The molecule has 1 aliphatic heterocycles. The maximum absolute atomic E-state index is 13.8. The molecule has 0 radical (unpaired) electrons. The number of aromatic nitrogens is 2. The minimum atomic E-state index is -1.86. The summed E-state index contributed by atoms with van der Waals surface area (Å²) in [7, 11) is 0. The van der Waals surface area contributed by atoms with E-state index in [-0.39, 0.29) is 5.56 Å². The molecule has 18 heavy (non-hydrogen) atoms. The smallest absolute Gasteiger partial charge is 0.330 e. The highest BCUT2D eigenvalue weighted by molar-refractivity contribution is 5.03. The quantitative estimate of drug-likeness (QED) is 0.596. The van der Waals surface area contributed by atoms with Crippen LogP contribution in [0.15, 0.2) is 15.8 Å². The van der Waals surface area contributed by atoms with Crippen molar-refractivity contribution in [1.82, 2.24) is 9.55 Å². The van der Waals surface area contributed by atoms with Crippen LogP contribution in [-0.2, 0) is 4.74 Å². The predicted octanol–water partition coefficient (Wildman–Crippen LogP) is -1.57. The minimum absolute atomic E-state index is 0.215. The Hall–Kier alpha value is -1.51. The lowest BCUT2D eigenvalue weighted by Crippen LogP contribution is -2.36. The van der Waals surface area contributed by atoms with E-state index >= 15 is 0 Å². The first kappa shape index (κ1) is 12.9. The fourth-order valence-corrected chi connectivity index (χ4v) is 1.85. The third-order valence-corrected chi connectivity index (χ3v) is 2.89. The van der Waals surface area contributed by atoms with Gasteiger partial charge in [-0.1, -0.05) is 0 Å². The van der Waals surface area contributed by atoms with Crippen LogP contribution in [0.5, 0.6) is 0 Å². The molecule has 1 saturated heterocycles. The van der Waals surface area contributed by atoms with Gasteiger partial charge in [0.25, 0.3) is 5.56 Å². The maximum atomic E-state index is 13.8. The van der Waals surface area contributed by atoms with Gasteiger partial charge in [-0.2, -0.15) is 0 Å². The van der Waals surface area contributed by atoms with Crippen molar-refractivity contribution in [3.8, 4) is 0 Å². The van der Waals surface area contributed by atoms with Gasteiger partial charge in [0.15, 0.2) is 12.4 Å². The Labute approximate surface area is 100 Å². The average Bonchev–Trinajstić information content (AvgIpc) is 2.61. The molecule has 1 fully saturated rings. The number of nitrogens with zero attached hydrogens (tertiary/aromatic N) is 1. The maximum Gasteiger partial charge on any atom is 0.330 e. The molecule has 8 heteroatoms. The lowest BCUT2D eigenvalue weighted by atomic mass is 10.1. The summed E-state index contributed by atoms with van der Waals surface area (Å²) in [6.07, 6.45) is -4.67. The van der Waals surface area contributed by atoms with Crippen LogP contribution in [0.2, 0.25) is 0 Å². The Morgan fingerprint density at radius 2 is 2.22 bits per heavy atom. The van der Waals surface area contributed by atoms with E-state index in [2.05, 4.69) is 0 Å². The van der Waals surface area contributed by atoms with Crippen molar-refractivity contribution in [3.63, 3.8) is 0 Å². The number of aliphatic hydroxyl groups excluding tert-OH is 2. The van der Waals surface area contributed by atoms with E-state index in [1.54, 1.807) is 0 Å². The summed E-state index contributed by atoms with van der Waals surface area (Å²) in [6, 6.07) is 0. The summed E-state index contributed by atoms with van der Waals surface area (Å²) in [5.74, 6) is 0. The zero-order valence-electron chi connectivity index (χ0n) is 9.54. The van der Waals surface area contributed by atoms with Crippen molar-refractivity contribution in [1.29, 1.82) is 0 Å². The lowest BCUT2D eigenvalue weighted by molar-refractivity contribution is -0.0492. The molecule has 4 atom stereocenters. The second-order valence-corrected chi connectivity index (χ2v) is 4.16. The molecule has 3 unspecified atom stereocenters. The topological polar surface area (TPSA) is 105 Å². The largest absolute Gasteiger partial charge is 0.394 e. The molecule has 1 aromatic heterocycles. The molecular formula is C10H13FN2O5. The molecule has 100 valence electrons. The van der Waals surface area contributed by atoms with Crippen LogP contribution in [0.3, 0.4) is 0 Å². The fourth-order valence-electron chi connectivity index (χ4n) is 1.85. The van der Waals surface area contributed by atoms with E-state index in [9.17, 15) is 19.1 Å². The summed E-state index contributed by atoms with van der Waals surface area (Å²) in [5.41, 5.74) is -1.18. The van der Waals surface area contributed by atoms with Gasteiger partial charge in [0.05, 0.1) is 6.61 Å². The summed E-state index contributed by atoms with van der Waals surface area (Å²) in [6.45, 7) is 0.895. The number of rotatable bonds is 2. The number of H-pyrrole nitrogens is 1. The standard InChI is InChI=1S/C10H13FN2O5/c1-4-2-13(10(17)12-8(4)16)9-6(11)7(15)5(3-14)18-9/h2,5-7,9,14-15H,3H2,1H3,(H,12,16,17)/t5?,6?,7-,9?/m1/s1. The molecule has 7 nitrogen and oxygen atoms in total. The first-order valence-corrected chi connectivity index (χ1v) is 5.36. The Morgan fingerprint density at radius 1 is 1.56 bits per heavy atom. The minimum Gasteiger partial charge on any atom is -0.394 e. The number of hydrogen-bond donors (Lipinski definition) is 3. The Kier molecular flexibility index (Phi) is 3.33. The van der Waals surface area contributed by atoms with Crippen molar-refractivity contribution in [2.24, 2.45) is 0 Å². The molecule has 1 aromatic rings. The second-order valence-electron chi connectivity index (χ2n) is 4.16. The molecule has 0 spiro atoms. The molecule has 0 bridgehead atoms. The van der Waals surface area contributed by atoms with Crippen LogP contribution in [-0.4, -0.2) is 44.8 Å². The molecule has 0 amide bonds. The number of nitrogens with one attached hydrogen (secondary N) is 1. The zero-order chi connectivity index (χ0) is 13.4. The van der Waals surface area contributed by atoms with E-state index in [4.69, 9.17) is 9.84 Å². The number of alkyl halides is 1. The number of hydrogen-bond acceptors (Lipinski definition) is 5. The van der Waals surface area contributed by atoms with E-state index in [0.29, 0.717) is 0 Å². The number of aliphatic hydroxyl groups is 2. The summed E-state index contributed by atoms with van der Waals surface area (Å²) in [5, 5.41) is 18.3. The number of aromatic amines is 1. The first-order chi connectivity index (χ1) is 8.45. The molecule has 0 aliphatic carbocycles. The highest BCUT2D eigenvalue weighted by Gasteiger charge is 2.45. The van der Waals surface area contributed by atoms with Gasteiger partial charge in [0.2, 0.25) is 0 Å². The number of aryl methyl sites for hydroxylation is 1. The third-order valence-electron chi connectivity index (χ3n) is 2.89. The van der Waals surface area contributed by atoms with Gasteiger partial charge < -0.3 is 14.9 Å². The van der Waals surface area contributed by atoms with Crippen molar-refractivity contribution < 1.29 is 19.3 Å². The Bertz CT molecular complexity index is 554. The predicted molar refractivity (Wildman–Crippen MR) is 58.0 cm³/mol.